The molecule has 0 saturated heterocycles. The number of rotatable bonds is 6. The van der Waals surface area contributed by atoms with Crippen LogP contribution >= 0.6 is 15.9 Å². The van der Waals surface area contributed by atoms with Crippen LogP contribution in [0.5, 0.6) is 5.75 Å². The fourth-order valence-electron chi connectivity index (χ4n) is 4.60. The molecule has 1 heterocycles. The lowest BCUT2D eigenvalue weighted by Crippen LogP contribution is -2.52. The minimum Gasteiger partial charge on any atom is -0.435 e. The lowest BCUT2D eigenvalue weighted by Gasteiger charge is -2.42. The lowest BCUT2D eigenvalue weighted by atomic mass is 9.73. The summed E-state index contributed by atoms with van der Waals surface area (Å²) in [6.07, 6.45) is -0.107. The van der Waals surface area contributed by atoms with Gasteiger partial charge >= 0.3 is 18.5 Å². The molecule has 12 heteroatoms. The van der Waals surface area contributed by atoms with Gasteiger partial charge in [0.15, 0.2) is 5.60 Å². The third-order valence-electron chi connectivity index (χ3n) is 6.30. The molecule has 8 nitrogen and oxygen atoms in total. The van der Waals surface area contributed by atoms with Crippen molar-refractivity contribution < 1.29 is 32.2 Å². The van der Waals surface area contributed by atoms with Gasteiger partial charge in [-0.25, -0.2) is 15.0 Å². The van der Waals surface area contributed by atoms with E-state index in [-0.39, 0.29) is 17.8 Å². The number of amides is 3. The summed E-state index contributed by atoms with van der Waals surface area (Å²) in [5.74, 6) is -0.0443. The number of urea groups is 1. The maximum Gasteiger partial charge on any atom is 0.573 e. The van der Waals surface area contributed by atoms with E-state index in [0.717, 1.165) is 32.1 Å². The molecule has 1 atom stereocenters. The summed E-state index contributed by atoms with van der Waals surface area (Å²) in [7, 11) is 0. The van der Waals surface area contributed by atoms with Gasteiger partial charge in [-0.05, 0) is 91.9 Å². The predicted octanol–water partition coefficient (Wildman–Crippen LogP) is 4.96. The zero-order valence-electron chi connectivity index (χ0n) is 18.5. The first-order chi connectivity index (χ1) is 16.0. The van der Waals surface area contributed by atoms with E-state index in [1.807, 2.05) is 6.92 Å². The average molecular weight is 547 g/mol. The van der Waals surface area contributed by atoms with Crippen molar-refractivity contribution in [2.24, 2.45) is 11.0 Å². The van der Waals surface area contributed by atoms with Gasteiger partial charge in [0.05, 0.1) is 0 Å². The number of hydrazone groups is 1. The summed E-state index contributed by atoms with van der Waals surface area (Å²) in [6, 6.07) is 4.02. The van der Waals surface area contributed by atoms with Gasteiger partial charge in [0.25, 0.3) is 0 Å². The second-order valence-electron chi connectivity index (χ2n) is 9.12. The first kappa shape index (κ1) is 24.6. The van der Waals surface area contributed by atoms with E-state index in [1.165, 1.54) is 18.2 Å². The molecular formula is C22H26BrF3N4O4. The van der Waals surface area contributed by atoms with Gasteiger partial charge in [0.2, 0.25) is 0 Å². The second-order valence-corrected chi connectivity index (χ2v) is 9.97. The molecule has 186 valence electrons. The molecule has 1 spiro atoms. The van der Waals surface area contributed by atoms with E-state index in [9.17, 15) is 22.8 Å². The average Bonchev–Trinajstić information content (AvgIpc) is 3.53. The number of hydrogen-bond acceptors (Lipinski definition) is 5. The number of nitrogens with zero attached hydrogens (tertiary/aromatic N) is 1. The third-order valence-corrected chi connectivity index (χ3v) is 6.95. The fraction of sp³-hybridized carbons (Fsp3) is 0.591. The Bertz CT molecular complexity index is 975. The molecule has 2 saturated carbocycles. The Labute approximate surface area is 203 Å². The van der Waals surface area contributed by atoms with Crippen LogP contribution < -0.4 is 20.8 Å². The van der Waals surface area contributed by atoms with Gasteiger partial charge in [-0.1, -0.05) is 0 Å². The number of nitrogens with one attached hydrogen (secondary N) is 3. The number of carbonyl (C=O) groups is 2. The second kappa shape index (κ2) is 9.63. The molecule has 3 N–H and O–H groups in total. The number of alkyl halides is 3. The van der Waals surface area contributed by atoms with Gasteiger partial charge < -0.3 is 20.1 Å². The number of benzene rings is 1. The molecule has 34 heavy (non-hydrogen) atoms. The minimum atomic E-state index is -4.80. The van der Waals surface area contributed by atoms with Crippen molar-refractivity contribution in [1.29, 1.82) is 0 Å². The van der Waals surface area contributed by atoms with Crippen LogP contribution in [0.1, 0.15) is 57.4 Å². The Balaban J connectivity index is 1.42. The smallest absolute Gasteiger partial charge is 0.435 e. The van der Waals surface area contributed by atoms with E-state index < -0.39 is 18.1 Å². The fourth-order valence-corrected chi connectivity index (χ4v) is 5.14. The Morgan fingerprint density at radius 2 is 2.03 bits per heavy atom. The predicted molar refractivity (Wildman–Crippen MR) is 120 cm³/mol. The van der Waals surface area contributed by atoms with Crippen LogP contribution in [-0.4, -0.2) is 41.9 Å². The number of carbonyl (C=O) groups excluding carboxylic acids is 2. The van der Waals surface area contributed by atoms with Crippen LogP contribution in [0, 0.1) is 5.92 Å². The molecule has 3 amide bonds. The number of halogens is 4. The summed E-state index contributed by atoms with van der Waals surface area (Å²) in [5.41, 5.74) is 2.29. The molecule has 0 unspecified atom stereocenters. The SMILES string of the molecule is C[C@@H](CC1CCC2(CC1)OC(=O)NN=C2c1ccc(OC(F)(F)F)cc1Br)NC(=O)NC1CC1. The first-order valence-corrected chi connectivity index (χ1v) is 12.0. The van der Waals surface area contributed by atoms with E-state index >= 15 is 0 Å². The summed E-state index contributed by atoms with van der Waals surface area (Å²) in [4.78, 5) is 24.0. The normalized spacial score (nSPS) is 25.6. The monoisotopic (exact) mass is 546 g/mol. The van der Waals surface area contributed by atoms with Gasteiger partial charge in [0, 0.05) is 22.1 Å². The molecule has 2 fully saturated rings. The number of ether oxygens (including phenoxy) is 2. The quantitative estimate of drug-likeness (QED) is 0.469. The van der Waals surface area contributed by atoms with Gasteiger partial charge in [-0.3, -0.25) is 0 Å². The van der Waals surface area contributed by atoms with Gasteiger partial charge in [-0.2, -0.15) is 5.10 Å². The van der Waals surface area contributed by atoms with Crippen LogP contribution in [0.4, 0.5) is 22.8 Å². The minimum absolute atomic E-state index is 0.00293. The van der Waals surface area contributed by atoms with E-state index in [4.69, 9.17) is 4.74 Å². The highest BCUT2D eigenvalue weighted by Gasteiger charge is 2.47. The summed E-state index contributed by atoms with van der Waals surface area (Å²) < 4.78 is 47.7. The molecule has 0 radical (unpaired) electrons. The molecule has 1 aliphatic heterocycles. The Kier molecular flexibility index (Phi) is 6.97. The van der Waals surface area contributed by atoms with Gasteiger partial charge in [-0.15, -0.1) is 13.2 Å². The van der Waals surface area contributed by atoms with E-state index in [0.29, 0.717) is 40.5 Å². The van der Waals surface area contributed by atoms with Crippen LogP contribution in [0.3, 0.4) is 0 Å². The van der Waals surface area contributed by atoms with Crippen molar-refractivity contribution in [3.8, 4) is 5.75 Å². The van der Waals surface area contributed by atoms with Crippen LogP contribution in [-0.2, 0) is 4.74 Å². The molecule has 1 aromatic carbocycles. The van der Waals surface area contributed by atoms with Crippen molar-refractivity contribution in [2.45, 2.75) is 75.9 Å². The molecular weight excluding hydrogens is 521 g/mol. The Hall–Kier alpha value is -2.50. The lowest BCUT2D eigenvalue weighted by molar-refractivity contribution is -0.274. The van der Waals surface area contributed by atoms with Crippen molar-refractivity contribution in [2.75, 3.05) is 0 Å². The summed E-state index contributed by atoms with van der Waals surface area (Å²) in [6.45, 7) is 1.97. The summed E-state index contributed by atoms with van der Waals surface area (Å²) >= 11 is 3.30. The highest BCUT2D eigenvalue weighted by molar-refractivity contribution is 9.10. The topological polar surface area (TPSA) is 101 Å². The maximum absolute atomic E-state index is 12.6. The zero-order valence-corrected chi connectivity index (χ0v) is 20.1. The van der Waals surface area contributed by atoms with Gasteiger partial charge in [0.1, 0.15) is 11.5 Å². The molecule has 0 aromatic heterocycles. The van der Waals surface area contributed by atoms with Crippen molar-refractivity contribution in [3.63, 3.8) is 0 Å². The third kappa shape index (κ3) is 6.13. The van der Waals surface area contributed by atoms with E-state index in [1.54, 1.807) is 0 Å². The number of hydrogen-bond donors (Lipinski definition) is 3. The zero-order chi connectivity index (χ0) is 24.5. The first-order valence-electron chi connectivity index (χ1n) is 11.2. The Morgan fingerprint density at radius 3 is 2.65 bits per heavy atom. The molecule has 4 rings (SSSR count). The van der Waals surface area contributed by atoms with Crippen molar-refractivity contribution >= 4 is 33.8 Å². The molecule has 2 aliphatic carbocycles. The standard InChI is InChI=1S/C22H26BrF3N4O4/c1-12(27-19(31)28-14-2-3-14)10-13-6-8-21(9-7-13)18(29-30-20(32)34-21)16-5-4-15(11-17(16)23)33-22(24,25)26/h4-5,11-14H,2-3,6-10H2,1H3,(H,30,32)(H2,27,28,31)/t12-,13?,21?/m0/s1. The molecule has 0 bridgehead atoms. The highest BCUT2D eigenvalue weighted by atomic mass is 79.9. The van der Waals surface area contributed by atoms with E-state index in [2.05, 4.69) is 41.8 Å². The van der Waals surface area contributed by atoms with Crippen molar-refractivity contribution in [3.05, 3.63) is 28.2 Å². The van der Waals surface area contributed by atoms with Crippen molar-refractivity contribution in [1.82, 2.24) is 16.1 Å². The largest absolute Gasteiger partial charge is 0.573 e. The van der Waals surface area contributed by atoms with Crippen LogP contribution in [0.15, 0.2) is 27.8 Å². The van der Waals surface area contributed by atoms with Crippen LogP contribution in [0.25, 0.3) is 0 Å². The maximum atomic E-state index is 12.6. The van der Waals surface area contributed by atoms with Crippen LogP contribution in [0.2, 0.25) is 0 Å². The Morgan fingerprint density at radius 1 is 1.32 bits per heavy atom. The molecule has 3 aliphatic rings. The summed E-state index contributed by atoms with van der Waals surface area (Å²) in [5, 5.41) is 10.1. The highest BCUT2D eigenvalue weighted by Crippen LogP contribution is 2.42. The molecule has 1 aromatic rings.